The molecule has 6 heteroatoms. The van der Waals surface area contributed by atoms with Crippen LogP contribution in [0.4, 0.5) is 12.9 Å². The maximum Gasteiger partial charge on any atom is 1.00 e. The second-order valence-electron chi connectivity index (χ2n) is 3.65. The van der Waals surface area contributed by atoms with E-state index < -0.39 is 19.4 Å². The van der Waals surface area contributed by atoms with Crippen LogP contribution in [0.5, 0.6) is 0 Å². The van der Waals surface area contributed by atoms with E-state index in [2.05, 4.69) is 0 Å². The van der Waals surface area contributed by atoms with Gasteiger partial charge < -0.3 is 17.7 Å². The molecule has 0 radical (unpaired) electrons. The van der Waals surface area contributed by atoms with E-state index in [-0.39, 0.29) is 57.0 Å². The molecule has 0 aliphatic carbocycles. The monoisotopic (exact) mass is 206 g/mol. The van der Waals surface area contributed by atoms with Crippen molar-refractivity contribution < 1.29 is 69.1 Å². The first-order valence-electron chi connectivity index (χ1n) is 3.67. The number of ether oxygens (including phenoxy) is 1. The topological polar surface area (TPSA) is 9.23 Å². The third kappa shape index (κ3) is 4.62. The predicted octanol–water partition coefficient (Wildman–Crippen LogP) is -0.595. The Labute approximate surface area is 113 Å². The maximum atomic E-state index is 11.8. The average molecular weight is 206 g/mol. The van der Waals surface area contributed by atoms with E-state index >= 15 is 0 Å². The third-order valence-electron chi connectivity index (χ3n) is 1.74. The van der Waals surface area contributed by atoms with Crippen molar-refractivity contribution in [3.8, 4) is 0 Å². The summed E-state index contributed by atoms with van der Waals surface area (Å²) in [5.74, 6) is 0. The molecule has 0 spiro atoms. The summed E-state index contributed by atoms with van der Waals surface area (Å²) in [6.45, 7) is -1.07. The standard InChI is InChI=1S/C6H11BF3O.K/c1-6(2)3-5(11-6)4-7(8,9)10;/h5H,3-4H2,1-2H3;/q-1;+1. The summed E-state index contributed by atoms with van der Waals surface area (Å²) in [5, 5.41) is 0. The van der Waals surface area contributed by atoms with E-state index in [9.17, 15) is 12.9 Å². The average Bonchev–Trinajstić information content (AvgIpc) is 1.53. The molecule has 1 nitrogen and oxygen atoms in total. The zero-order chi connectivity index (χ0) is 8.70. The van der Waals surface area contributed by atoms with Crippen LogP contribution in [0, 0.1) is 0 Å². The van der Waals surface area contributed by atoms with Crippen molar-refractivity contribution in [2.45, 2.75) is 38.3 Å². The van der Waals surface area contributed by atoms with Gasteiger partial charge in [0.25, 0.3) is 0 Å². The van der Waals surface area contributed by atoms with E-state index in [0.29, 0.717) is 6.42 Å². The molecule has 1 aliphatic heterocycles. The van der Waals surface area contributed by atoms with Gasteiger partial charge in [-0.3, -0.25) is 0 Å². The van der Waals surface area contributed by atoms with E-state index in [1.165, 1.54) is 0 Å². The molecule has 0 N–H and O–H groups in total. The summed E-state index contributed by atoms with van der Waals surface area (Å²) in [7, 11) is 0. The van der Waals surface area contributed by atoms with Gasteiger partial charge in [-0.05, 0) is 20.3 Å². The molecule has 1 heterocycles. The quantitative estimate of drug-likeness (QED) is 0.548. The van der Waals surface area contributed by atoms with Crippen molar-refractivity contribution in [3.63, 3.8) is 0 Å². The fraction of sp³-hybridized carbons (Fsp3) is 1.00. The van der Waals surface area contributed by atoms with Gasteiger partial charge in [-0.1, -0.05) is 6.32 Å². The van der Waals surface area contributed by atoms with E-state index in [0.717, 1.165) is 0 Å². The van der Waals surface area contributed by atoms with Gasteiger partial charge in [-0.15, -0.1) is 0 Å². The molecule has 1 fully saturated rings. The van der Waals surface area contributed by atoms with Gasteiger partial charge in [0.2, 0.25) is 0 Å². The first-order valence-corrected chi connectivity index (χ1v) is 3.67. The van der Waals surface area contributed by atoms with Crippen molar-refractivity contribution >= 4 is 6.98 Å². The van der Waals surface area contributed by atoms with Crippen molar-refractivity contribution in [1.82, 2.24) is 0 Å². The molecule has 0 amide bonds. The molecule has 0 saturated carbocycles. The summed E-state index contributed by atoms with van der Waals surface area (Å²) in [6, 6.07) is 0. The number of halogens is 3. The minimum Gasteiger partial charge on any atom is -0.449 e. The molecular weight excluding hydrogens is 195 g/mol. The Bertz CT molecular complexity index is 151. The molecule has 1 aliphatic rings. The zero-order valence-electron chi connectivity index (χ0n) is 7.61. The number of hydrogen-bond donors (Lipinski definition) is 0. The molecule has 12 heavy (non-hydrogen) atoms. The smallest absolute Gasteiger partial charge is 0.449 e. The Morgan fingerprint density at radius 3 is 2.08 bits per heavy atom. The molecule has 1 atom stereocenters. The first kappa shape index (κ1) is 13.5. The second-order valence-corrected chi connectivity index (χ2v) is 3.65. The van der Waals surface area contributed by atoms with E-state index in [1.54, 1.807) is 13.8 Å². The van der Waals surface area contributed by atoms with Gasteiger partial charge in [0, 0.05) is 6.10 Å². The summed E-state index contributed by atoms with van der Waals surface area (Å²) in [6.07, 6.45) is -0.803. The van der Waals surface area contributed by atoms with Crippen LogP contribution in [0.1, 0.15) is 20.3 Å². The Morgan fingerprint density at radius 1 is 1.42 bits per heavy atom. The van der Waals surface area contributed by atoms with Gasteiger partial charge in [0.15, 0.2) is 0 Å². The van der Waals surface area contributed by atoms with Crippen molar-refractivity contribution in [2.75, 3.05) is 0 Å². The van der Waals surface area contributed by atoms with Crippen LogP contribution in [-0.4, -0.2) is 18.7 Å². The summed E-state index contributed by atoms with van der Waals surface area (Å²) in [4.78, 5) is 0. The molecule has 1 rings (SSSR count). The fourth-order valence-electron chi connectivity index (χ4n) is 1.42. The van der Waals surface area contributed by atoms with Crippen LogP contribution in [0.15, 0.2) is 0 Å². The predicted molar refractivity (Wildman–Crippen MR) is 37.5 cm³/mol. The van der Waals surface area contributed by atoms with E-state index in [1.807, 2.05) is 0 Å². The van der Waals surface area contributed by atoms with Crippen molar-refractivity contribution in [2.24, 2.45) is 0 Å². The number of rotatable bonds is 2. The molecular formula is C6H11BF3KO. The minimum absolute atomic E-state index is 0. The fourth-order valence-corrected chi connectivity index (χ4v) is 1.42. The van der Waals surface area contributed by atoms with Gasteiger partial charge in [0.05, 0.1) is 5.60 Å². The Morgan fingerprint density at radius 2 is 1.83 bits per heavy atom. The zero-order valence-corrected chi connectivity index (χ0v) is 10.7. The SMILES string of the molecule is CC1(C)CC(C[B-](F)(F)F)O1.[K+]. The first-order chi connectivity index (χ1) is 4.79. The minimum atomic E-state index is -4.67. The third-order valence-corrected chi connectivity index (χ3v) is 1.74. The van der Waals surface area contributed by atoms with Gasteiger partial charge in [0.1, 0.15) is 0 Å². The number of hydrogen-bond acceptors (Lipinski definition) is 1. The van der Waals surface area contributed by atoms with Crippen molar-refractivity contribution in [1.29, 1.82) is 0 Å². The molecule has 0 bridgehead atoms. The summed E-state index contributed by atoms with van der Waals surface area (Å²) >= 11 is 0. The second kappa shape index (κ2) is 4.32. The Kier molecular flexibility index (Phi) is 4.84. The summed E-state index contributed by atoms with van der Waals surface area (Å²) < 4.78 is 40.3. The van der Waals surface area contributed by atoms with Crippen LogP contribution in [0.25, 0.3) is 0 Å². The van der Waals surface area contributed by atoms with Gasteiger partial charge in [-0.25, -0.2) is 0 Å². The molecule has 66 valence electrons. The van der Waals surface area contributed by atoms with E-state index in [4.69, 9.17) is 4.74 Å². The Balaban J connectivity index is 0.00000121. The molecule has 0 aromatic carbocycles. The molecule has 1 unspecified atom stereocenters. The molecule has 0 aromatic heterocycles. The maximum absolute atomic E-state index is 11.8. The van der Waals surface area contributed by atoms with Crippen LogP contribution in [-0.2, 0) is 4.74 Å². The van der Waals surface area contributed by atoms with Gasteiger partial charge >= 0.3 is 58.4 Å². The van der Waals surface area contributed by atoms with Crippen molar-refractivity contribution in [3.05, 3.63) is 0 Å². The Hall–Kier alpha value is 1.45. The largest absolute Gasteiger partial charge is 1.00 e. The van der Waals surface area contributed by atoms with Crippen LogP contribution in [0.3, 0.4) is 0 Å². The summed E-state index contributed by atoms with van der Waals surface area (Å²) in [5.41, 5.74) is -0.327. The normalized spacial score (nSPS) is 27.2. The van der Waals surface area contributed by atoms with Crippen LogP contribution in [0.2, 0.25) is 6.32 Å². The van der Waals surface area contributed by atoms with Crippen LogP contribution >= 0.6 is 0 Å². The molecule has 0 aromatic rings. The van der Waals surface area contributed by atoms with Gasteiger partial charge in [-0.2, -0.15) is 0 Å². The molecule has 1 saturated heterocycles. The van der Waals surface area contributed by atoms with Crippen LogP contribution < -0.4 is 51.4 Å².